The van der Waals surface area contributed by atoms with Gasteiger partial charge in [-0.15, -0.1) is 9.79 Å². The van der Waals surface area contributed by atoms with Gasteiger partial charge in [-0.05, 0) is 32.1 Å². The van der Waals surface area contributed by atoms with Crippen molar-refractivity contribution in [2.24, 2.45) is 0 Å². The van der Waals surface area contributed by atoms with Crippen molar-refractivity contribution in [1.82, 2.24) is 4.90 Å². The Morgan fingerprint density at radius 2 is 1.76 bits per heavy atom. The molecular weight excluding hydrogens is 364 g/mol. The van der Waals surface area contributed by atoms with Crippen LogP contribution >= 0.6 is 16.5 Å². The number of rotatable bonds is 10. The maximum Gasteiger partial charge on any atom is 0.699 e. The Hall–Kier alpha value is -0.260. The molecule has 0 aromatic rings. The van der Waals surface area contributed by atoms with Crippen molar-refractivity contribution < 1.29 is 28.0 Å². The quantitative estimate of drug-likeness (QED) is 0.313. The molecule has 2 N–H and O–H groups in total. The van der Waals surface area contributed by atoms with Crippen LogP contribution in [0.15, 0.2) is 11.6 Å². The average Bonchev–Trinajstić information content (AvgIpc) is 2.76. The SMILES string of the molecule is CCC1=CCCCCC1(CC)N(CC)C(CC)(O[P+](=O)O)O[P+](=O)O. The van der Waals surface area contributed by atoms with Gasteiger partial charge in [-0.1, -0.05) is 54.8 Å². The predicted molar refractivity (Wildman–Crippen MR) is 97.1 cm³/mol. The van der Waals surface area contributed by atoms with Crippen molar-refractivity contribution in [3.05, 3.63) is 11.6 Å². The lowest BCUT2D eigenvalue weighted by Gasteiger charge is -2.49. The van der Waals surface area contributed by atoms with E-state index in [1.807, 2.05) is 11.8 Å². The molecule has 1 aliphatic carbocycles. The van der Waals surface area contributed by atoms with Crippen LogP contribution in [-0.4, -0.2) is 32.7 Å². The molecule has 1 rings (SSSR count). The molecule has 0 aromatic carbocycles. The molecule has 3 atom stereocenters. The predicted octanol–water partition coefficient (Wildman–Crippen LogP) is 4.76. The minimum atomic E-state index is -3.01. The van der Waals surface area contributed by atoms with Crippen molar-refractivity contribution in [2.75, 3.05) is 6.54 Å². The first-order valence-corrected chi connectivity index (χ1v) is 11.3. The molecule has 0 bridgehead atoms. The monoisotopic (exact) mass is 395 g/mol. The molecule has 25 heavy (non-hydrogen) atoms. The van der Waals surface area contributed by atoms with Gasteiger partial charge in [-0.25, -0.2) is 4.90 Å². The lowest BCUT2D eigenvalue weighted by Crippen LogP contribution is -2.62. The van der Waals surface area contributed by atoms with Crippen LogP contribution < -0.4 is 0 Å². The smallest absolute Gasteiger partial charge is 0.236 e. The van der Waals surface area contributed by atoms with Crippen LogP contribution in [0.2, 0.25) is 0 Å². The molecule has 9 heteroatoms. The fourth-order valence-corrected chi connectivity index (χ4v) is 5.19. The Balaban J connectivity index is 3.53. The van der Waals surface area contributed by atoms with E-state index in [1.54, 1.807) is 6.92 Å². The summed E-state index contributed by atoms with van der Waals surface area (Å²) in [6, 6.07) is 0. The van der Waals surface area contributed by atoms with Crippen molar-refractivity contribution in [3.8, 4) is 0 Å². The summed E-state index contributed by atoms with van der Waals surface area (Å²) in [6.45, 7) is 8.22. The standard InChI is InChI=1S/C16H29NO6P2/c1-5-14-12-10-9-11-13-15(14,6-2)17(8-4)16(7-3,22-24(18)19)23-25(20)21/h12H,5-11,13H2,1-4H3/p+2. The summed E-state index contributed by atoms with van der Waals surface area (Å²) in [5.41, 5.74) is 0.785. The zero-order chi connectivity index (χ0) is 19.1. The third-order valence-electron chi connectivity index (χ3n) is 5.13. The van der Waals surface area contributed by atoms with E-state index >= 15 is 0 Å². The summed E-state index contributed by atoms with van der Waals surface area (Å²) in [4.78, 5) is 20.7. The Bertz CT molecular complexity index is 497. The second-order valence-corrected chi connectivity index (χ2v) is 7.50. The van der Waals surface area contributed by atoms with Gasteiger partial charge in [0.2, 0.25) is 0 Å². The first kappa shape index (κ1) is 22.8. The second-order valence-electron chi connectivity index (χ2n) is 6.18. The molecule has 1 aliphatic rings. The molecule has 7 nitrogen and oxygen atoms in total. The highest BCUT2D eigenvalue weighted by Crippen LogP contribution is 2.48. The first-order valence-electron chi connectivity index (χ1n) is 8.99. The summed E-state index contributed by atoms with van der Waals surface area (Å²) in [5, 5.41) is 0. The number of likely N-dealkylation sites (N-methyl/N-ethyl adjacent to an activating group) is 1. The molecule has 0 aromatic heterocycles. The van der Waals surface area contributed by atoms with E-state index in [9.17, 15) is 18.9 Å². The van der Waals surface area contributed by atoms with Gasteiger partial charge in [0.15, 0.2) is 0 Å². The molecule has 0 spiro atoms. The van der Waals surface area contributed by atoms with Crippen molar-refractivity contribution >= 4 is 16.5 Å². The van der Waals surface area contributed by atoms with Crippen LogP contribution in [0.1, 0.15) is 72.6 Å². The van der Waals surface area contributed by atoms with Crippen LogP contribution in [0.4, 0.5) is 0 Å². The van der Waals surface area contributed by atoms with Crippen LogP contribution in [0, 0.1) is 0 Å². The minimum absolute atomic E-state index is 0.142. The largest absolute Gasteiger partial charge is 0.699 e. The number of nitrogens with zero attached hydrogens (tertiary/aromatic N) is 1. The van der Waals surface area contributed by atoms with Crippen LogP contribution in [-0.2, 0) is 18.2 Å². The zero-order valence-corrected chi connectivity index (χ0v) is 17.4. The molecule has 144 valence electrons. The lowest BCUT2D eigenvalue weighted by molar-refractivity contribution is -0.254. The van der Waals surface area contributed by atoms with Crippen LogP contribution in [0.3, 0.4) is 0 Å². The van der Waals surface area contributed by atoms with Gasteiger partial charge < -0.3 is 0 Å². The molecule has 0 heterocycles. The fourth-order valence-electron chi connectivity index (χ4n) is 4.11. The highest BCUT2D eigenvalue weighted by molar-refractivity contribution is 7.33. The first-order chi connectivity index (χ1) is 11.8. The van der Waals surface area contributed by atoms with Gasteiger partial charge >= 0.3 is 22.4 Å². The Kier molecular flexibility index (Phi) is 9.27. The maximum absolute atomic E-state index is 11.5. The fraction of sp³-hybridized carbons (Fsp3) is 0.875. The normalized spacial score (nSPS) is 25.2. The maximum atomic E-state index is 11.5. The second kappa shape index (κ2) is 10.2. The molecule has 3 unspecified atom stereocenters. The Morgan fingerprint density at radius 1 is 1.16 bits per heavy atom. The molecule has 0 amide bonds. The lowest BCUT2D eigenvalue weighted by atomic mass is 9.79. The van der Waals surface area contributed by atoms with E-state index in [-0.39, 0.29) is 6.42 Å². The number of allylic oxidation sites excluding steroid dienone is 1. The Morgan fingerprint density at radius 3 is 2.16 bits per heavy atom. The molecule has 0 saturated heterocycles. The number of hydrogen-bond acceptors (Lipinski definition) is 5. The molecule has 0 radical (unpaired) electrons. The van der Waals surface area contributed by atoms with E-state index in [4.69, 9.17) is 9.05 Å². The van der Waals surface area contributed by atoms with E-state index in [2.05, 4.69) is 19.9 Å². The summed E-state index contributed by atoms with van der Waals surface area (Å²) in [7, 11) is -6.02. The third-order valence-corrected chi connectivity index (χ3v) is 6.01. The average molecular weight is 395 g/mol. The van der Waals surface area contributed by atoms with Gasteiger partial charge in [0, 0.05) is 27.6 Å². The molecule has 0 aliphatic heterocycles. The van der Waals surface area contributed by atoms with Crippen LogP contribution in [0.5, 0.6) is 0 Å². The molecule has 0 saturated carbocycles. The van der Waals surface area contributed by atoms with Crippen molar-refractivity contribution in [1.29, 1.82) is 0 Å². The molecular formula is C16H31NO6P2+2. The van der Waals surface area contributed by atoms with Crippen molar-refractivity contribution in [3.63, 3.8) is 0 Å². The van der Waals surface area contributed by atoms with E-state index in [0.717, 1.165) is 38.5 Å². The summed E-state index contributed by atoms with van der Waals surface area (Å²) >= 11 is 0. The van der Waals surface area contributed by atoms with Crippen LogP contribution in [0.25, 0.3) is 0 Å². The number of hydrogen-bond donors (Lipinski definition) is 2. The minimum Gasteiger partial charge on any atom is -0.236 e. The highest BCUT2D eigenvalue weighted by Gasteiger charge is 2.58. The van der Waals surface area contributed by atoms with Gasteiger partial charge in [0.25, 0.3) is 0 Å². The third kappa shape index (κ3) is 5.14. The highest BCUT2D eigenvalue weighted by atomic mass is 31.1. The van der Waals surface area contributed by atoms with E-state index in [1.165, 1.54) is 5.57 Å². The molecule has 0 fully saturated rings. The van der Waals surface area contributed by atoms with Crippen molar-refractivity contribution in [2.45, 2.75) is 84.1 Å². The Labute approximate surface area is 152 Å². The summed E-state index contributed by atoms with van der Waals surface area (Å²) in [5.74, 6) is -1.73. The summed E-state index contributed by atoms with van der Waals surface area (Å²) in [6.07, 6.45) is 7.87. The van der Waals surface area contributed by atoms with Gasteiger partial charge in [-0.3, -0.25) is 0 Å². The van der Waals surface area contributed by atoms with Gasteiger partial charge in [0.05, 0.1) is 0 Å². The topological polar surface area (TPSA) is 96.3 Å². The van der Waals surface area contributed by atoms with E-state index < -0.39 is 28.0 Å². The van der Waals surface area contributed by atoms with E-state index in [0.29, 0.717) is 6.54 Å². The van der Waals surface area contributed by atoms with Gasteiger partial charge in [0.1, 0.15) is 0 Å². The zero-order valence-electron chi connectivity index (χ0n) is 15.6. The summed E-state index contributed by atoms with van der Waals surface area (Å²) < 4.78 is 33.5. The van der Waals surface area contributed by atoms with Gasteiger partial charge in [-0.2, -0.15) is 0 Å².